The molecule has 0 aromatic rings. The molecule has 2 atom stereocenters. The van der Waals surface area contributed by atoms with Gasteiger partial charge in [-0.1, -0.05) is 52.9 Å². The van der Waals surface area contributed by atoms with Gasteiger partial charge in [0.05, 0.1) is 13.2 Å². The van der Waals surface area contributed by atoms with Gasteiger partial charge in [0.2, 0.25) is 23.6 Å². The van der Waals surface area contributed by atoms with Crippen molar-refractivity contribution in [2.45, 2.75) is 97.1 Å². The molecule has 0 saturated carbocycles. The molecule has 37 heavy (non-hydrogen) atoms. The van der Waals surface area contributed by atoms with E-state index in [9.17, 15) is 19.2 Å². The number of amides is 4. The molecule has 0 spiro atoms. The molecular formula is C26H52N6O5. The normalized spacial score (nSPS) is 12.6. The lowest BCUT2D eigenvalue weighted by atomic mass is 10.0. The molecule has 0 unspecified atom stereocenters. The zero-order chi connectivity index (χ0) is 27.9. The van der Waals surface area contributed by atoms with E-state index in [0.29, 0.717) is 39.1 Å². The van der Waals surface area contributed by atoms with Gasteiger partial charge in [-0.15, -0.1) is 0 Å². The Morgan fingerprint density at radius 1 is 0.757 bits per heavy atom. The fourth-order valence-corrected chi connectivity index (χ4v) is 3.62. The molecule has 8 N–H and O–H groups in total. The maximum atomic E-state index is 12.8. The number of ether oxygens (including phenoxy) is 1. The van der Waals surface area contributed by atoms with Crippen LogP contribution in [0.15, 0.2) is 0 Å². The monoisotopic (exact) mass is 528 g/mol. The summed E-state index contributed by atoms with van der Waals surface area (Å²) in [5.41, 5.74) is 10.9. The minimum absolute atomic E-state index is 0.0164. The molecular weight excluding hydrogens is 476 g/mol. The Labute approximate surface area is 223 Å². The van der Waals surface area contributed by atoms with Crippen LogP contribution in [0.1, 0.15) is 85.0 Å². The van der Waals surface area contributed by atoms with Crippen LogP contribution in [0.25, 0.3) is 0 Å². The molecule has 0 aliphatic heterocycles. The third-order valence-electron chi connectivity index (χ3n) is 5.66. The summed E-state index contributed by atoms with van der Waals surface area (Å²) in [6.45, 7) is 7.36. The van der Waals surface area contributed by atoms with Crippen LogP contribution in [0.2, 0.25) is 0 Å². The smallest absolute Gasteiger partial charge is 0.245 e. The van der Waals surface area contributed by atoms with E-state index < -0.39 is 23.9 Å². The molecule has 11 heteroatoms. The first kappa shape index (κ1) is 34.8. The van der Waals surface area contributed by atoms with Gasteiger partial charge < -0.3 is 37.5 Å². The Morgan fingerprint density at radius 2 is 1.41 bits per heavy atom. The summed E-state index contributed by atoms with van der Waals surface area (Å²) in [4.78, 5) is 49.9. The Bertz CT molecular complexity index is 647. The number of hydrogen-bond acceptors (Lipinski definition) is 7. The van der Waals surface area contributed by atoms with Crippen molar-refractivity contribution in [3.8, 4) is 0 Å². The van der Waals surface area contributed by atoms with Crippen molar-refractivity contribution in [3.63, 3.8) is 0 Å². The highest BCUT2D eigenvalue weighted by molar-refractivity contribution is 5.92. The third kappa shape index (κ3) is 19.5. The fraction of sp³-hybridized carbons (Fsp3) is 0.846. The quantitative estimate of drug-likeness (QED) is 0.106. The van der Waals surface area contributed by atoms with Crippen molar-refractivity contribution in [1.82, 2.24) is 21.3 Å². The van der Waals surface area contributed by atoms with Crippen molar-refractivity contribution in [1.29, 1.82) is 0 Å². The Hall–Kier alpha value is -2.24. The van der Waals surface area contributed by atoms with Crippen LogP contribution in [0.3, 0.4) is 0 Å². The number of unbranched alkanes of at least 4 members (excludes halogenated alkanes) is 6. The molecule has 216 valence electrons. The fourth-order valence-electron chi connectivity index (χ4n) is 3.62. The van der Waals surface area contributed by atoms with Crippen molar-refractivity contribution in [2.75, 3.05) is 39.4 Å². The van der Waals surface area contributed by atoms with E-state index in [1.807, 2.05) is 13.8 Å². The van der Waals surface area contributed by atoms with Gasteiger partial charge >= 0.3 is 0 Å². The number of rotatable bonds is 23. The van der Waals surface area contributed by atoms with Crippen LogP contribution in [0, 0.1) is 5.92 Å². The number of hydrogen-bond donors (Lipinski definition) is 6. The van der Waals surface area contributed by atoms with Gasteiger partial charge in [0.25, 0.3) is 0 Å². The van der Waals surface area contributed by atoms with E-state index in [0.717, 1.165) is 25.7 Å². The van der Waals surface area contributed by atoms with E-state index in [1.54, 1.807) is 0 Å². The van der Waals surface area contributed by atoms with Crippen molar-refractivity contribution in [3.05, 3.63) is 0 Å². The molecule has 0 aromatic carbocycles. The van der Waals surface area contributed by atoms with E-state index in [4.69, 9.17) is 16.2 Å². The zero-order valence-electron chi connectivity index (χ0n) is 23.2. The van der Waals surface area contributed by atoms with Gasteiger partial charge in [0, 0.05) is 26.1 Å². The summed E-state index contributed by atoms with van der Waals surface area (Å²) >= 11 is 0. The largest absolute Gasteiger partial charge is 0.379 e. The van der Waals surface area contributed by atoms with Crippen LogP contribution in [-0.4, -0.2) is 75.1 Å². The highest BCUT2D eigenvalue weighted by Crippen LogP contribution is 2.06. The molecule has 0 rings (SSSR count). The Morgan fingerprint density at radius 3 is 2.05 bits per heavy atom. The second-order valence-corrected chi connectivity index (χ2v) is 9.76. The molecule has 0 fully saturated rings. The number of carbonyl (C=O) groups excluding carboxylic acids is 4. The lowest BCUT2D eigenvalue weighted by molar-refractivity contribution is -0.132. The van der Waals surface area contributed by atoms with Gasteiger partial charge in [0.1, 0.15) is 12.1 Å². The molecule has 0 radical (unpaired) electrons. The summed E-state index contributed by atoms with van der Waals surface area (Å²) in [7, 11) is 0. The predicted molar refractivity (Wildman–Crippen MR) is 145 cm³/mol. The zero-order valence-corrected chi connectivity index (χ0v) is 23.2. The topological polar surface area (TPSA) is 178 Å². The average Bonchev–Trinajstić information content (AvgIpc) is 2.86. The van der Waals surface area contributed by atoms with Crippen molar-refractivity contribution >= 4 is 23.6 Å². The first-order valence-corrected chi connectivity index (χ1v) is 13.9. The van der Waals surface area contributed by atoms with Crippen molar-refractivity contribution < 1.29 is 23.9 Å². The lowest BCUT2D eigenvalue weighted by Gasteiger charge is -2.21. The van der Waals surface area contributed by atoms with E-state index in [1.165, 1.54) is 19.3 Å². The molecule has 0 saturated heterocycles. The van der Waals surface area contributed by atoms with E-state index >= 15 is 0 Å². The van der Waals surface area contributed by atoms with Crippen LogP contribution >= 0.6 is 0 Å². The van der Waals surface area contributed by atoms with Crippen LogP contribution in [0.5, 0.6) is 0 Å². The lowest BCUT2D eigenvalue weighted by Crippen LogP contribution is -2.53. The summed E-state index contributed by atoms with van der Waals surface area (Å²) < 4.78 is 5.67. The minimum atomic E-state index is -0.919. The van der Waals surface area contributed by atoms with Gasteiger partial charge in [-0.3, -0.25) is 19.2 Å². The summed E-state index contributed by atoms with van der Waals surface area (Å²) in [6.07, 6.45) is 8.76. The SMILES string of the molecule is CCCCCCCCOC[C@H](NC(=O)CCCCN)C(=O)NCC(=O)N[C@@H](CC(C)C)C(=O)NCCN. The minimum Gasteiger partial charge on any atom is -0.379 e. The number of nitrogens with two attached hydrogens (primary N) is 2. The van der Waals surface area contributed by atoms with Gasteiger partial charge in [0.15, 0.2) is 0 Å². The summed E-state index contributed by atoms with van der Waals surface area (Å²) in [6, 6.07) is -1.65. The first-order valence-electron chi connectivity index (χ1n) is 13.9. The second kappa shape index (κ2) is 22.9. The maximum Gasteiger partial charge on any atom is 0.245 e. The van der Waals surface area contributed by atoms with Crippen molar-refractivity contribution in [2.24, 2.45) is 17.4 Å². The molecule has 0 aromatic heterocycles. The Balaban J connectivity index is 4.81. The molecule has 0 aliphatic rings. The number of nitrogens with one attached hydrogen (secondary N) is 4. The average molecular weight is 529 g/mol. The van der Waals surface area contributed by atoms with E-state index in [-0.39, 0.29) is 37.3 Å². The molecule has 0 heterocycles. The number of carbonyl (C=O) groups is 4. The van der Waals surface area contributed by atoms with E-state index in [2.05, 4.69) is 28.2 Å². The highest BCUT2D eigenvalue weighted by atomic mass is 16.5. The molecule has 0 aliphatic carbocycles. The summed E-state index contributed by atoms with van der Waals surface area (Å²) in [5.74, 6) is -1.42. The summed E-state index contributed by atoms with van der Waals surface area (Å²) in [5, 5.41) is 10.6. The maximum absolute atomic E-state index is 12.8. The van der Waals surface area contributed by atoms with Crippen LogP contribution < -0.4 is 32.7 Å². The predicted octanol–water partition coefficient (Wildman–Crippen LogP) is 0.699. The highest BCUT2D eigenvalue weighted by Gasteiger charge is 2.24. The van der Waals surface area contributed by atoms with Crippen LogP contribution in [0.4, 0.5) is 0 Å². The molecule has 11 nitrogen and oxygen atoms in total. The third-order valence-corrected chi connectivity index (χ3v) is 5.66. The van der Waals surface area contributed by atoms with Gasteiger partial charge in [-0.25, -0.2) is 0 Å². The molecule has 4 amide bonds. The molecule has 0 bridgehead atoms. The van der Waals surface area contributed by atoms with Crippen LogP contribution in [-0.2, 0) is 23.9 Å². The van der Waals surface area contributed by atoms with Gasteiger partial charge in [-0.2, -0.15) is 0 Å². The Kier molecular flexibility index (Phi) is 21.5. The van der Waals surface area contributed by atoms with Gasteiger partial charge in [-0.05, 0) is 38.1 Å². The second-order valence-electron chi connectivity index (χ2n) is 9.76. The first-order chi connectivity index (χ1) is 17.7. The standard InChI is InChI=1S/C26H52N6O5/c1-4-5-6-7-8-11-16-37-19-22(32-23(33)12-9-10-13-27)26(36)30-18-24(34)31-21(17-20(2)3)25(35)29-15-14-28/h20-22H,4-19,27-28H2,1-3H3,(H,29,35)(H,30,36)(H,31,34)(H,32,33)/t21-,22-/m0/s1.